The van der Waals surface area contributed by atoms with Crippen molar-refractivity contribution in [2.24, 2.45) is 10.9 Å². The van der Waals surface area contributed by atoms with Gasteiger partial charge in [0.2, 0.25) is 0 Å². The molecule has 0 spiro atoms. The van der Waals surface area contributed by atoms with Gasteiger partial charge in [-0.05, 0) is 49.8 Å². The quantitative estimate of drug-likeness (QED) is 0.739. The summed E-state index contributed by atoms with van der Waals surface area (Å²) in [5, 5.41) is 6.41. The Labute approximate surface area is 157 Å². The van der Waals surface area contributed by atoms with Gasteiger partial charge in [-0.15, -0.1) is 0 Å². The number of carbonyl (C=O) groups excluding carboxylic acids is 1. The van der Waals surface area contributed by atoms with Crippen molar-refractivity contribution >= 4 is 12.3 Å². The second-order valence-electron chi connectivity index (χ2n) is 7.25. The van der Waals surface area contributed by atoms with Crippen LogP contribution in [0.15, 0.2) is 23.2 Å². The third-order valence-electron chi connectivity index (χ3n) is 5.36. The molecule has 0 aromatic carbocycles. The van der Waals surface area contributed by atoms with Crippen LogP contribution in [0.1, 0.15) is 23.2 Å². The van der Waals surface area contributed by atoms with Crippen LogP contribution in [0.25, 0.3) is 0 Å². The lowest BCUT2D eigenvalue weighted by molar-refractivity contribution is 0.133. The number of aromatic nitrogens is 1. The van der Waals surface area contributed by atoms with Crippen molar-refractivity contribution in [3.8, 4) is 0 Å². The van der Waals surface area contributed by atoms with E-state index in [9.17, 15) is 9.18 Å². The van der Waals surface area contributed by atoms with E-state index < -0.39 is 0 Å². The molecule has 0 bridgehead atoms. The van der Waals surface area contributed by atoms with E-state index in [2.05, 4.69) is 20.6 Å². The molecule has 8 heteroatoms. The number of aryl methyl sites for hydroxylation is 1. The zero-order valence-electron chi connectivity index (χ0n) is 15.4. The number of nitrogens with zero attached hydrogens (tertiary/aromatic N) is 3. The molecule has 1 saturated heterocycles. The molecular weight excluding hydrogens is 349 g/mol. The van der Waals surface area contributed by atoms with E-state index in [-0.39, 0.29) is 18.0 Å². The van der Waals surface area contributed by atoms with Crippen molar-refractivity contribution < 1.29 is 13.9 Å². The highest BCUT2D eigenvalue weighted by molar-refractivity contribution is 5.73. The van der Waals surface area contributed by atoms with Crippen molar-refractivity contribution in [2.75, 3.05) is 26.2 Å². The van der Waals surface area contributed by atoms with E-state index in [0.29, 0.717) is 31.4 Å². The molecule has 27 heavy (non-hydrogen) atoms. The summed E-state index contributed by atoms with van der Waals surface area (Å²) in [7, 11) is 0. The van der Waals surface area contributed by atoms with Gasteiger partial charge in [0.15, 0.2) is 5.82 Å². The lowest BCUT2D eigenvalue weighted by Gasteiger charge is -2.16. The van der Waals surface area contributed by atoms with Crippen LogP contribution in [0.3, 0.4) is 0 Å². The van der Waals surface area contributed by atoms with Gasteiger partial charge in [0.05, 0.1) is 12.7 Å². The maximum absolute atomic E-state index is 13.9. The second-order valence-corrected chi connectivity index (χ2v) is 7.25. The molecule has 2 aliphatic heterocycles. The third-order valence-corrected chi connectivity index (χ3v) is 5.36. The Morgan fingerprint density at radius 3 is 3.04 bits per heavy atom. The Balaban J connectivity index is 1.21. The lowest BCUT2D eigenvalue weighted by atomic mass is 10.0. The van der Waals surface area contributed by atoms with Gasteiger partial charge in [-0.2, -0.15) is 0 Å². The van der Waals surface area contributed by atoms with E-state index >= 15 is 0 Å². The molecule has 2 unspecified atom stereocenters. The molecule has 7 nitrogen and oxygen atoms in total. The van der Waals surface area contributed by atoms with Gasteiger partial charge < -0.3 is 15.4 Å². The van der Waals surface area contributed by atoms with Gasteiger partial charge >= 0.3 is 6.09 Å². The minimum atomic E-state index is -0.362. The molecule has 1 aromatic heterocycles. The zero-order valence-corrected chi connectivity index (χ0v) is 15.4. The highest BCUT2D eigenvalue weighted by Crippen LogP contribution is 2.31. The first kappa shape index (κ1) is 17.9. The summed E-state index contributed by atoms with van der Waals surface area (Å²) in [5.74, 6) is 0.835. The average Bonchev–Trinajstić information content (AvgIpc) is 3.27. The van der Waals surface area contributed by atoms with E-state index in [4.69, 9.17) is 4.74 Å². The highest BCUT2D eigenvalue weighted by atomic mass is 19.1. The molecule has 3 aliphatic rings. The summed E-state index contributed by atoms with van der Waals surface area (Å²) in [6.07, 6.45) is 6.85. The predicted molar refractivity (Wildman–Crippen MR) is 98.9 cm³/mol. The highest BCUT2D eigenvalue weighted by Gasteiger charge is 2.33. The number of amides is 1. The van der Waals surface area contributed by atoms with Crippen LogP contribution in [0.5, 0.6) is 0 Å². The number of hydrogen-bond donors (Lipinski definition) is 2. The number of cyclic esters (lactones) is 1. The molecule has 1 amide bonds. The first-order valence-corrected chi connectivity index (χ1v) is 9.39. The number of nitrogens with one attached hydrogen (secondary N) is 2. The third kappa shape index (κ3) is 3.80. The van der Waals surface area contributed by atoms with Crippen molar-refractivity contribution in [3.63, 3.8) is 0 Å². The summed E-state index contributed by atoms with van der Waals surface area (Å²) in [5.41, 5.74) is 2.85. The van der Waals surface area contributed by atoms with Crippen molar-refractivity contribution in [2.45, 2.75) is 32.3 Å². The lowest BCUT2D eigenvalue weighted by Crippen LogP contribution is -2.32. The number of pyridine rings is 1. The molecule has 2 atom stereocenters. The largest absolute Gasteiger partial charge is 0.443 e. The first-order valence-electron chi connectivity index (χ1n) is 9.39. The van der Waals surface area contributed by atoms with Crippen LogP contribution in [0.4, 0.5) is 9.18 Å². The van der Waals surface area contributed by atoms with E-state index in [1.54, 1.807) is 17.3 Å². The maximum atomic E-state index is 13.9. The van der Waals surface area contributed by atoms with Gasteiger partial charge in [0, 0.05) is 31.2 Å². The molecular formula is C19H24FN5O2. The van der Waals surface area contributed by atoms with Gasteiger partial charge in [-0.1, -0.05) is 0 Å². The standard InChI is InChI=1S/C19H24FN5O2/c1-12-15-6-13(7-16(15)17(20)9-24-12)2-3-21-8-14-11-25(19(26)27-14)18-10-22-4-5-23-18/h5,9-10,13-14,21-22H,2-4,6-8,11H2,1H3. The molecule has 1 fully saturated rings. The average molecular weight is 373 g/mol. The van der Waals surface area contributed by atoms with E-state index in [0.717, 1.165) is 42.6 Å². The number of fused-ring (bicyclic) bond motifs is 1. The van der Waals surface area contributed by atoms with Crippen LogP contribution in [0, 0.1) is 18.7 Å². The van der Waals surface area contributed by atoms with Gasteiger partial charge in [0.1, 0.15) is 11.9 Å². The fourth-order valence-electron chi connectivity index (χ4n) is 3.93. The summed E-state index contributed by atoms with van der Waals surface area (Å²) in [6, 6.07) is 0. The van der Waals surface area contributed by atoms with Gasteiger partial charge in [-0.3, -0.25) is 9.88 Å². The number of carbonyl (C=O) groups is 1. The van der Waals surface area contributed by atoms with Crippen molar-refractivity contribution in [3.05, 3.63) is 40.9 Å². The summed E-state index contributed by atoms with van der Waals surface area (Å²) in [4.78, 5) is 21.9. The van der Waals surface area contributed by atoms with Crippen molar-refractivity contribution in [1.82, 2.24) is 20.5 Å². The Bertz CT molecular complexity index is 764. The summed E-state index contributed by atoms with van der Waals surface area (Å²) >= 11 is 0. The summed E-state index contributed by atoms with van der Waals surface area (Å²) in [6.45, 7) is 4.51. The fourth-order valence-corrected chi connectivity index (χ4v) is 3.93. The number of hydrogen-bond acceptors (Lipinski definition) is 6. The molecule has 0 radical (unpaired) electrons. The fraction of sp³-hybridized carbons (Fsp3) is 0.526. The monoisotopic (exact) mass is 373 g/mol. The molecule has 1 aromatic rings. The maximum Gasteiger partial charge on any atom is 0.416 e. The minimum absolute atomic E-state index is 0.182. The molecule has 2 N–H and O–H groups in total. The van der Waals surface area contributed by atoms with E-state index in [1.165, 1.54) is 6.20 Å². The first-order chi connectivity index (χ1) is 13.1. The second kappa shape index (κ2) is 7.64. The SMILES string of the molecule is Cc1ncc(F)c2c1CC(CCNCC1CN(C3=CNCC=N3)C(=O)O1)C2. The number of halogens is 1. The number of aliphatic imine (C=N–C) groups is 1. The molecule has 3 heterocycles. The molecule has 144 valence electrons. The smallest absolute Gasteiger partial charge is 0.416 e. The zero-order chi connectivity index (χ0) is 18.8. The molecule has 0 saturated carbocycles. The van der Waals surface area contributed by atoms with Gasteiger partial charge in [0.25, 0.3) is 0 Å². The Morgan fingerprint density at radius 2 is 2.26 bits per heavy atom. The van der Waals surface area contributed by atoms with Crippen LogP contribution in [-0.4, -0.2) is 54.5 Å². The molecule has 1 aliphatic carbocycles. The van der Waals surface area contributed by atoms with Gasteiger partial charge in [-0.25, -0.2) is 14.2 Å². The number of rotatable bonds is 6. The van der Waals surface area contributed by atoms with Crippen LogP contribution in [-0.2, 0) is 17.6 Å². The Morgan fingerprint density at radius 1 is 1.41 bits per heavy atom. The minimum Gasteiger partial charge on any atom is -0.443 e. The van der Waals surface area contributed by atoms with E-state index in [1.807, 2.05) is 6.92 Å². The predicted octanol–water partition coefficient (Wildman–Crippen LogP) is 1.52. The Hall–Kier alpha value is -2.48. The van der Waals surface area contributed by atoms with Crippen LogP contribution < -0.4 is 10.6 Å². The Kier molecular flexibility index (Phi) is 5.07. The number of ether oxygens (including phenoxy) is 1. The topological polar surface area (TPSA) is 78.9 Å². The normalized spacial score (nSPS) is 23.9. The van der Waals surface area contributed by atoms with Crippen molar-refractivity contribution in [1.29, 1.82) is 0 Å². The van der Waals surface area contributed by atoms with Crippen LogP contribution >= 0.6 is 0 Å². The molecule has 4 rings (SSSR count). The summed E-state index contributed by atoms with van der Waals surface area (Å²) < 4.78 is 19.3. The van der Waals surface area contributed by atoms with Crippen LogP contribution in [0.2, 0.25) is 0 Å².